The molecule has 1 saturated heterocycles. The maximum absolute atomic E-state index is 5.44. The minimum absolute atomic E-state index is 0.226. The smallest absolute Gasteiger partial charge is 0.0561 e. The molecule has 2 heteroatoms. The van der Waals surface area contributed by atoms with Gasteiger partial charge in [0, 0.05) is 16.5 Å². The molecule has 0 bridgehead atoms. The molecule has 0 aliphatic carbocycles. The van der Waals surface area contributed by atoms with Crippen LogP contribution in [0.15, 0.2) is 28.7 Å². The number of ether oxygens (including phenoxy) is 1. The Labute approximate surface area is 87.2 Å². The summed E-state index contributed by atoms with van der Waals surface area (Å²) >= 11 is 3.49. The molecule has 0 spiro atoms. The van der Waals surface area contributed by atoms with Gasteiger partial charge in [0.2, 0.25) is 0 Å². The van der Waals surface area contributed by atoms with Crippen molar-refractivity contribution in [1.82, 2.24) is 0 Å². The van der Waals surface area contributed by atoms with Crippen molar-refractivity contribution in [2.75, 3.05) is 13.2 Å². The topological polar surface area (TPSA) is 9.23 Å². The van der Waals surface area contributed by atoms with Gasteiger partial charge >= 0.3 is 0 Å². The summed E-state index contributed by atoms with van der Waals surface area (Å²) in [5, 5.41) is 0. The lowest BCUT2D eigenvalue weighted by molar-refractivity contribution is 0.181. The van der Waals surface area contributed by atoms with Gasteiger partial charge in [-0.1, -0.05) is 35.0 Å². The molecule has 1 aromatic carbocycles. The first kappa shape index (κ1) is 9.22. The van der Waals surface area contributed by atoms with E-state index in [0.29, 0.717) is 0 Å². The van der Waals surface area contributed by atoms with Crippen LogP contribution in [0.25, 0.3) is 0 Å². The molecule has 1 aliphatic heterocycles. The van der Waals surface area contributed by atoms with Crippen molar-refractivity contribution in [3.8, 4) is 0 Å². The van der Waals surface area contributed by atoms with Crippen LogP contribution in [0, 0.1) is 0 Å². The fourth-order valence-electron chi connectivity index (χ4n) is 1.76. The van der Waals surface area contributed by atoms with Crippen LogP contribution in [0.1, 0.15) is 18.9 Å². The highest BCUT2D eigenvalue weighted by Crippen LogP contribution is 2.33. The van der Waals surface area contributed by atoms with Crippen LogP contribution < -0.4 is 0 Å². The number of benzene rings is 1. The quantitative estimate of drug-likeness (QED) is 0.733. The molecule has 0 aromatic heterocycles. The fraction of sp³-hybridized carbons (Fsp3) is 0.455. The molecule has 1 heterocycles. The first-order chi connectivity index (χ1) is 6.21. The van der Waals surface area contributed by atoms with E-state index in [0.717, 1.165) is 24.1 Å². The minimum atomic E-state index is 0.226. The summed E-state index contributed by atoms with van der Waals surface area (Å²) in [6.45, 7) is 4.01. The summed E-state index contributed by atoms with van der Waals surface area (Å²) < 4.78 is 6.59. The zero-order valence-corrected chi connectivity index (χ0v) is 9.30. The number of rotatable bonds is 1. The number of halogens is 1. The van der Waals surface area contributed by atoms with E-state index in [4.69, 9.17) is 4.74 Å². The SMILES string of the molecule is CC1(c2cccc(Br)c2)CCOC1. The third kappa shape index (κ3) is 1.79. The van der Waals surface area contributed by atoms with E-state index in [1.54, 1.807) is 0 Å². The normalized spacial score (nSPS) is 27.8. The molecule has 1 unspecified atom stereocenters. The van der Waals surface area contributed by atoms with E-state index < -0.39 is 0 Å². The van der Waals surface area contributed by atoms with Gasteiger partial charge in [-0.25, -0.2) is 0 Å². The van der Waals surface area contributed by atoms with Crippen LogP contribution >= 0.6 is 15.9 Å². The van der Waals surface area contributed by atoms with Gasteiger partial charge in [0.1, 0.15) is 0 Å². The maximum Gasteiger partial charge on any atom is 0.0561 e. The molecule has 1 atom stereocenters. The van der Waals surface area contributed by atoms with Gasteiger partial charge in [-0.15, -0.1) is 0 Å². The predicted molar refractivity (Wildman–Crippen MR) is 56.9 cm³/mol. The van der Waals surface area contributed by atoms with Gasteiger partial charge in [-0.3, -0.25) is 0 Å². The summed E-state index contributed by atoms with van der Waals surface area (Å²) in [5.74, 6) is 0. The molecule has 0 radical (unpaired) electrons. The van der Waals surface area contributed by atoms with Gasteiger partial charge in [-0.2, -0.15) is 0 Å². The molecule has 13 heavy (non-hydrogen) atoms. The first-order valence-electron chi connectivity index (χ1n) is 4.54. The zero-order valence-electron chi connectivity index (χ0n) is 7.72. The Morgan fingerprint density at radius 2 is 2.31 bits per heavy atom. The number of hydrogen-bond donors (Lipinski definition) is 0. The second kappa shape index (κ2) is 3.43. The Bertz CT molecular complexity index is 303. The third-order valence-corrected chi connectivity index (χ3v) is 3.23. The lowest BCUT2D eigenvalue weighted by Crippen LogP contribution is -2.21. The average molecular weight is 241 g/mol. The van der Waals surface area contributed by atoms with Crippen molar-refractivity contribution in [2.24, 2.45) is 0 Å². The van der Waals surface area contributed by atoms with E-state index in [1.165, 1.54) is 5.56 Å². The molecule has 0 saturated carbocycles. The van der Waals surface area contributed by atoms with Crippen molar-refractivity contribution in [2.45, 2.75) is 18.8 Å². The van der Waals surface area contributed by atoms with Gasteiger partial charge in [0.05, 0.1) is 6.61 Å². The van der Waals surface area contributed by atoms with Crippen molar-refractivity contribution in [3.63, 3.8) is 0 Å². The van der Waals surface area contributed by atoms with Gasteiger partial charge in [0.15, 0.2) is 0 Å². The molecule has 0 N–H and O–H groups in total. The Morgan fingerprint density at radius 1 is 1.46 bits per heavy atom. The minimum Gasteiger partial charge on any atom is -0.381 e. The van der Waals surface area contributed by atoms with Crippen LogP contribution in [-0.4, -0.2) is 13.2 Å². The Kier molecular flexibility index (Phi) is 2.43. The monoisotopic (exact) mass is 240 g/mol. The summed E-state index contributed by atoms with van der Waals surface area (Å²) in [5.41, 5.74) is 1.60. The van der Waals surface area contributed by atoms with Crippen LogP contribution in [0.5, 0.6) is 0 Å². The van der Waals surface area contributed by atoms with Crippen LogP contribution in [0.2, 0.25) is 0 Å². The average Bonchev–Trinajstić information content (AvgIpc) is 2.54. The van der Waals surface area contributed by atoms with Crippen molar-refractivity contribution in [1.29, 1.82) is 0 Å². The fourth-order valence-corrected chi connectivity index (χ4v) is 2.16. The number of hydrogen-bond acceptors (Lipinski definition) is 1. The Balaban J connectivity index is 2.33. The molecule has 1 aromatic rings. The summed E-state index contributed by atoms with van der Waals surface area (Å²) in [6.07, 6.45) is 1.13. The van der Waals surface area contributed by atoms with E-state index in [1.807, 2.05) is 0 Å². The molecule has 1 aliphatic rings. The standard InChI is InChI=1S/C11H13BrO/c1-11(5-6-13-8-11)9-3-2-4-10(12)7-9/h2-4,7H,5-6,8H2,1H3. The van der Waals surface area contributed by atoms with E-state index >= 15 is 0 Å². The Morgan fingerprint density at radius 3 is 2.92 bits per heavy atom. The molecule has 70 valence electrons. The largest absolute Gasteiger partial charge is 0.381 e. The van der Waals surface area contributed by atoms with Crippen molar-refractivity contribution >= 4 is 15.9 Å². The predicted octanol–water partition coefficient (Wildman–Crippen LogP) is 3.13. The lowest BCUT2D eigenvalue weighted by Gasteiger charge is -2.22. The van der Waals surface area contributed by atoms with Crippen molar-refractivity contribution < 1.29 is 4.74 Å². The Hall–Kier alpha value is -0.340. The molecular weight excluding hydrogens is 228 g/mol. The van der Waals surface area contributed by atoms with Gasteiger partial charge in [-0.05, 0) is 24.1 Å². The highest BCUT2D eigenvalue weighted by molar-refractivity contribution is 9.10. The van der Waals surface area contributed by atoms with Crippen LogP contribution in [0.3, 0.4) is 0 Å². The second-order valence-electron chi connectivity index (χ2n) is 3.87. The summed E-state index contributed by atoms with van der Waals surface area (Å²) in [4.78, 5) is 0. The van der Waals surface area contributed by atoms with Gasteiger partial charge < -0.3 is 4.74 Å². The highest BCUT2D eigenvalue weighted by atomic mass is 79.9. The molecule has 1 fully saturated rings. The van der Waals surface area contributed by atoms with Gasteiger partial charge in [0.25, 0.3) is 0 Å². The van der Waals surface area contributed by atoms with E-state index in [2.05, 4.69) is 47.1 Å². The van der Waals surface area contributed by atoms with Crippen LogP contribution in [0.4, 0.5) is 0 Å². The lowest BCUT2D eigenvalue weighted by atomic mass is 9.82. The first-order valence-corrected chi connectivity index (χ1v) is 5.34. The van der Waals surface area contributed by atoms with E-state index in [9.17, 15) is 0 Å². The second-order valence-corrected chi connectivity index (χ2v) is 4.79. The van der Waals surface area contributed by atoms with Crippen LogP contribution in [-0.2, 0) is 10.2 Å². The highest BCUT2D eigenvalue weighted by Gasteiger charge is 2.31. The molecule has 2 rings (SSSR count). The summed E-state index contributed by atoms with van der Waals surface area (Å²) in [7, 11) is 0. The zero-order chi connectivity index (χ0) is 9.31. The van der Waals surface area contributed by atoms with Crippen molar-refractivity contribution in [3.05, 3.63) is 34.3 Å². The molecule has 0 amide bonds. The summed E-state index contributed by atoms with van der Waals surface area (Å²) in [6, 6.07) is 8.51. The third-order valence-electron chi connectivity index (χ3n) is 2.74. The maximum atomic E-state index is 5.44. The van der Waals surface area contributed by atoms with E-state index in [-0.39, 0.29) is 5.41 Å². The molecular formula is C11H13BrO. The molecule has 1 nitrogen and oxygen atoms in total.